The maximum Gasteiger partial charge on any atom is 0.273 e. The van der Waals surface area contributed by atoms with Crippen molar-refractivity contribution in [1.29, 1.82) is 0 Å². The summed E-state index contributed by atoms with van der Waals surface area (Å²) >= 11 is 5.85. The van der Waals surface area contributed by atoms with Gasteiger partial charge in [0.1, 0.15) is 10.6 Å². The molecule has 2 amide bonds. The van der Waals surface area contributed by atoms with Crippen molar-refractivity contribution in [2.45, 2.75) is 11.3 Å². The van der Waals surface area contributed by atoms with Crippen molar-refractivity contribution in [3.8, 4) is 0 Å². The van der Waals surface area contributed by atoms with E-state index in [1.165, 1.54) is 36.5 Å². The second-order valence-electron chi connectivity index (χ2n) is 6.49. The minimum absolute atomic E-state index is 0.00941. The highest BCUT2D eigenvalue weighted by molar-refractivity contribution is 7.90. The Balaban J connectivity index is 1.53. The van der Waals surface area contributed by atoms with Gasteiger partial charge >= 0.3 is 0 Å². The van der Waals surface area contributed by atoms with Crippen LogP contribution in [0.25, 0.3) is 0 Å². The van der Waals surface area contributed by atoms with Crippen LogP contribution < -0.4 is 10.6 Å². The Bertz CT molecular complexity index is 1220. The first-order chi connectivity index (χ1) is 13.9. The molecule has 1 aromatic heterocycles. The van der Waals surface area contributed by atoms with Gasteiger partial charge in [-0.25, -0.2) is 12.4 Å². The zero-order chi connectivity index (χ0) is 20.6. The highest BCUT2D eigenvalue weighted by Gasteiger charge is 2.30. The topological polar surface area (TPSA) is 97.3 Å². The van der Waals surface area contributed by atoms with Gasteiger partial charge in [-0.2, -0.15) is 0 Å². The van der Waals surface area contributed by atoms with Gasteiger partial charge in [-0.15, -0.1) is 0 Å². The molecule has 0 unspecified atom stereocenters. The molecule has 9 heteroatoms. The molecule has 148 valence electrons. The zero-order valence-electron chi connectivity index (χ0n) is 15.1. The summed E-state index contributed by atoms with van der Waals surface area (Å²) in [5.41, 5.74) is 1.36. The van der Waals surface area contributed by atoms with Crippen molar-refractivity contribution < 1.29 is 18.0 Å². The predicted molar refractivity (Wildman–Crippen MR) is 109 cm³/mol. The summed E-state index contributed by atoms with van der Waals surface area (Å²) in [5.74, 6) is -0.921. The van der Waals surface area contributed by atoms with Crippen LogP contribution >= 0.6 is 11.6 Å². The van der Waals surface area contributed by atoms with Gasteiger partial charge in [-0.3, -0.25) is 9.59 Å². The predicted octanol–water partition coefficient (Wildman–Crippen LogP) is 2.92. The quantitative estimate of drug-likeness (QED) is 0.666. The molecule has 3 aromatic rings. The fraction of sp³-hybridized carbons (Fsp3) is 0.100. The largest absolute Gasteiger partial charge is 0.352 e. The summed E-state index contributed by atoms with van der Waals surface area (Å²) in [7, 11) is -3.94. The number of aromatic nitrogens is 1. The van der Waals surface area contributed by atoms with Crippen LogP contribution in [0.5, 0.6) is 0 Å². The molecule has 2 aromatic carbocycles. The number of hydrogen-bond donors (Lipinski definition) is 2. The highest BCUT2D eigenvalue weighted by Crippen LogP contribution is 2.29. The summed E-state index contributed by atoms with van der Waals surface area (Å²) in [6.45, 7) is 0.396. The number of carbonyl (C=O) groups is 2. The molecule has 0 bridgehead atoms. The van der Waals surface area contributed by atoms with E-state index in [9.17, 15) is 18.0 Å². The van der Waals surface area contributed by atoms with Gasteiger partial charge in [-0.1, -0.05) is 23.7 Å². The molecule has 1 aliphatic heterocycles. The maximum absolute atomic E-state index is 12.8. The molecule has 0 saturated heterocycles. The molecule has 2 heterocycles. The van der Waals surface area contributed by atoms with Crippen LogP contribution in [0.15, 0.2) is 65.7 Å². The van der Waals surface area contributed by atoms with Crippen LogP contribution in [-0.2, 0) is 16.4 Å². The van der Waals surface area contributed by atoms with Gasteiger partial charge in [0.05, 0.1) is 5.69 Å². The van der Waals surface area contributed by atoms with Crippen LogP contribution in [0.1, 0.15) is 26.4 Å². The number of nitrogens with zero attached hydrogens (tertiary/aromatic N) is 1. The number of carbonyl (C=O) groups excluding carboxylic acids is 2. The van der Waals surface area contributed by atoms with E-state index in [1.807, 2.05) is 12.1 Å². The van der Waals surface area contributed by atoms with Gasteiger partial charge in [0.25, 0.3) is 21.8 Å². The fourth-order valence-corrected chi connectivity index (χ4v) is 4.71. The van der Waals surface area contributed by atoms with E-state index in [2.05, 4.69) is 10.6 Å². The third-order valence-corrected chi connectivity index (χ3v) is 6.59. The Kier molecular flexibility index (Phi) is 4.89. The number of amides is 2. The van der Waals surface area contributed by atoms with Crippen LogP contribution in [-0.4, -0.2) is 30.7 Å². The van der Waals surface area contributed by atoms with Gasteiger partial charge in [0.2, 0.25) is 0 Å². The van der Waals surface area contributed by atoms with E-state index in [0.717, 1.165) is 9.54 Å². The Morgan fingerprint density at radius 2 is 1.86 bits per heavy atom. The summed E-state index contributed by atoms with van der Waals surface area (Å²) in [4.78, 5) is 24.7. The van der Waals surface area contributed by atoms with Crippen molar-refractivity contribution in [3.63, 3.8) is 0 Å². The second kappa shape index (κ2) is 7.38. The molecule has 0 atom stereocenters. The van der Waals surface area contributed by atoms with E-state index in [0.29, 0.717) is 18.0 Å². The fourth-order valence-electron chi connectivity index (χ4n) is 3.11. The van der Waals surface area contributed by atoms with Gasteiger partial charge < -0.3 is 10.6 Å². The summed E-state index contributed by atoms with van der Waals surface area (Å²) < 4.78 is 26.6. The summed E-state index contributed by atoms with van der Waals surface area (Å²) in [5, 5.41) is 6.01. The molecule has 0 aliphatic carbocycles. The molecule has 0 spiro atoms. The van der Waals surface area contributed by atoms with Crippen molar-refractivity contribution in [2.75, 3.05) is 11.9 Å². The molecule has 29 heavy (non-hydrogen) atoms. The van der Waals surface area contributed by atoms with Gasteiger partial charge in [-0.05, 0) is 54.4 Å². The molecule has 7 nitrogen and oxygen atoms in total. The normalized spacial score (nSPS) is 14.3. The average Bonchev–Trinajstić information content (AvgIpc) is 3.18. The monoisotopic (exact) mass is 429 g/mol. The Labute approximate surface area is 172 Å². The van der Waals surface area contributed by atoms with Crippen LogP contribution in [0.3, 0.4) is 0 Å². The van der Waals surface area contributed by atoms with Crippen LogP contribution in [0, 0.1) is 0 Å². The van der Waals surface area contributed by atoms with E-state index in [4.69, 9.17) is 11.6 Å². The number of hydrogen-bond acceptors (Lipinski definition) is 4. The second-order valence-corrected chi connectivity index (χ2v) is 8.71. The Morgan fingerprint density at radius 1 is 1.10 bits per heavy atom. The first-order valence-electron chi connectivity index (χ1n) is 8.77. The third kappa shape index (κ3) is 3.64. The lowest BCUT2D eigenvalue weighted by Crippen LogP contribution is -2.26. The van der Waals surface area contributed by atoms with E-state index in [-0.39, 0.29) is 27.7 Å². The minimum Gasteiger partial charge on any atom is -0.352 e. The molecular formula is C20H16ClN3O4S. The van der Waals surface area contributed by atoms with Crippen molar-refractivity contribution in [1.82, 2.24) is 9.29 Å². The SMILES string of the molecule is O=C(NCCc1ccc(Cl)cc1)c1ccc2c(c1)NC(=O)c1cccn1S2(=O)=O. The molecule has 0 radical (unpaired) electrons. The standard InChI is InChI=1S/C20H16ClN3O4S/c21-15-6-3-13(4-7-15)9-10-22-19(25)14-5-8-18-16(12-14)23-20(26)17-2-1-11-24(17)29(18,27)28/h1-8,11-12H,9-10H2,(H,22,25)(H,23,26). The molecule has 2 N–H and O–H groups in total. The molecule has 1 aliphatic rings. The molecule has 0 saturated carbocycles. The number of anilines is 1. The number of halogens is 1. The Hall–Kier alpha value is -3.10. The van der Waals surface area contributed by atoms with Gasteiger partial charge in [0, 0.05) is 23.3 Å². The number of fused-ring (bicyclic) bond motifs is 2. The number of benzene rings is 2. The van der Waals surface area contributed by atoms with Crippen molar-refractivity contribution in [2.24, 2.45) is 0 Å². The summed E-state index contributed by atoms with van der Waals surface area (Å²) in [6.07, 6.45) is 1.94. The molecule has 0 fully saturated rings. The lowest BCUT2D eigenvalue weighted by atomic mass is 10.1. The molecular weight excluding hydrogens is 414 g/mol. The first-order valence-corrected chi connectivity index (χ1v) is 10.6. The molecule has 4 rings (SSSR count). The smallest absolute Gasteiger partial charge is 0.273 e. The maximum atomic E-state index is 12.8. The lowest BCUT2D eigenvalue weighted by Gasteiger charge is -2.10. The number of nitrogens with one attached hydrogen (secondary N) is 2. The average molecular weight is 430 g/mol. The minimum atomic E-state index is -3.94. The van der Waals surface area contributed by atoms with Gasteiger partial charge in [0.15, 0.2) is 0 Å². The van der Waals surface area contributed by atoms with Crippen molar-refractivity contribution in [3.05, 3.63) is 82.6 Å². The lowest BCUT2D eigenvalue weighted by molar-refractivity contribution is 0.0952. The van der Waals surface area contributed by atoms with Crippen LogP contribution in [0.4, 0.5) is 5.69 Å². The van der Waals surface area contributed by atoms with Crippen molar-refractivity contribution >= 4 is 39.1 Å². The number of rotatable bonds is 4. The zero-order valence-corrected chi connectivity index (χ0v) is 16.6. The van der Waals surface area contributed by atoms with E-state index >= 15 is 0 Å². The van der Waals surface area contributed by atoms with Crippen LogP contribution in [0.2, 0.25) is 5.02 Å². The third-order valence-electron chi connectivity index (χ3n) is 4.58. The Morgan fingerprint density at radius 3 is 2.62 bits per heavy atom. The highest BCUT2D eigenvalue weighted by atomic mass is 35.5. The van der Waals surface area contributed by atoms with E-state index in [1.54, 1.807) is 12.1 Å². The summed E-state index contributed by atoms with van der Waals surface area (Å²) in [6, 6.07) is 14.4. The van der Waals surface area contributed by atoms with E-state index < -0.39 is 15.9 Å². The first kappa shape index (κ1) is 19.2.